The molecule has 0 bridgehead atoms. The SMILES string of the molecule is CCCc1cc(Br)ccc1C(=O)N(C)C(N)=O. The lowest BCUT2D eigenvalue weighted by molar-refractivity contribution is 0.0837. The van der Waals surface area contributed by atoms with Gasteiger partial charge in [0.05, 0.1) is 0 Å². The molecule has 5 heteroatoms. The molecule has 1 aromatic rings. The number of imide groups is 1. The predicted molar refractivity (Wildman–Crippen MR) is 69.8 cm³/mol. The van der Waals surface area contributed by atoms with E-state index in [1.807, 2.05) is 13.0 Å². The highest BCUT2D eigenvalue weighted by atomic mass is 79.9. The normalized spacial score (nSPS) is 10.1. The summed E-state index contributed by atoms with van der Waals surface area (Å²) in [6.45, 7) is 2.03. The summed E-state index contributed by atoms with van der Waals surface area (Å²) in [6.07, 6.45) is 1.71. The standard InChI is InChI=1S/C12H15BrN2O2/c1-3-4-8-7-9(13)5-6-10(8)11(16)15(2)12(14)17/h5-7H,3-4H2,1-2H3,(H2,14,17). The monoisotopic (exact) mass is 298 g/mol. The second kappa shape index (κ2) is 5.82. The Morgan fingerprint density at radius 2 is 2.06 bits per heavy atom. The molecule has 0 spiro atoms. The lowest BCUT2D eigenvalue weighted by Gasteiger charge is -2.15. The Morgan fingerprint density at radius 1 is 1.41 bits per heavy atom. The average Bonchev–Trinajstić information content (AvgIpc) is 2.27. The van der Waals surface area contributed by atoms with Gasteiger partial charge in [0.1, 0.15) is 0 Å². The third-order valence-electron chi connectivity index (χ3n) is 2.45. The number of halogens is 1. The Morgan fingerprint density at radius 3 is 2.59 bits per heavy atom. The lowest BCUT2D eigenvalue weighted by atomic mass is 10.0. The van der Waals surface area contributed by atoms with E-state index in [0.717, 1.165) is 27.8 Å². The number of nitrogens with zero attached hydrogens (tertiary/aromatic N) is 1. The number of carbonyl (C=O) groups is 2. The van der Waals surface area contributed by atoms with Crippen molar-refractivity contribution in [3.63, 3.8) is 0 Å². The molecule has 0 aromatic heterocycles. The number of aryl methyl sites for hydroxylation is 1. The Bertz CT molecular complexity index is 446. The Hall–Kier alpha value is -1.36. The van der Waals surface area contributed by atoms with E-state index in [1.54, 1.807) is 12.1 Å². The van der Waals surface area contributed by atoms with E-state index in [2.05, 4.69) is 15.9 Å². The van der Waals surface area contributed by atoms with Gasteiger partial charge in [-0.15, -0.1) is 0 Å². The number of rotatable bonds is 3. The molecule has 0 atom stereocenters. The maximum absolute atomic E-state index is 12.0. The van der Waals surface area contributed by atoms with Crippen molar-refractivity contribution in [1.82, 2.24) is 4.90 Å². The van der Waals surface area contributed by atoms with E-state index in [0.29, 0.717) is 5.56 Å². The molecule has 0 saturated heterocycles. The van der Waals surface area contributed by atoms with Gasteiger partial charge in [0.25, 0.3) is 5.91 Å². The van der Waals surface area contributed by atoms with Gasteiger partial charge in [-0.3, -0.25) is 9.69 Å². The minimum atomic E-state index is -0.750. The van der Waals surface area contributed by atoms with Crippen molar-refractivity contribution in [3.8, 4) is 0 Å². The molecule has 3 amide bonds. The molecular formula is C12H15BrN2O2. The van der Waals surface area contributed by atoms with Gasteiger partial charge in [0.2, 0.25) is 0 Å². The van der Waals surface area contributed by atoms with Gasteiger partial charge in [-0.05, 0) is 30.2 Å². The first-order valence-electron chi connectivity index (χ1n) is 5.33. The summed E-state index contributed by atoms with van der Waals surface area (Å²) in [4.78, 5) is 23.9. The molecule has 92 valence electrons. The summed E-state index contributed by atoms with van der Waals surface area (Å²) in [6, 6.07) is 4.63. The van der Waals surface area contributed by atoms with Gasteiger partial charge in [-0.1, -0.05) is 29.3 Å². The molecule has 0 aliphatic rings. The van der Waals surface area contributed by atoms with Crippen molar-refractivity contribution in [3.05, 3.63) is 33.8 Å². The van der Waals surface area contributed by atoms with Crippen LogP contribution in [0.1, 0.15) is 29.3 Å². The van der Waals surface area contributed by atoms with E-state index in [1.165, 1.54) is 7.05 Å². The lowest BCUT2D eigenvalue weighted by Crippen LogP contribution is -2.37. The van der Waals surface area contributed by atoms with Crippen LogP contribution in [0.5, 0.6) is 0 Å². The zero-order chi connectivity index (χ0) is 13.0. The summed E-state index contributed by atoms with van der Waals surface area (Å²) in [5.41, 5.74) is 6.53. The maximum atomic E-state index is 12.0. The second-order valence-corrected chi connectivity index (χ2v) is 4.67. The number of primary amides is 1. The topological polar surface area (TPSA) is 63.4 Å². The fourth-order valence-electron chi connectivity index (χ4n) is 1.53. The molecule has 0 saturated carbocycles. The predicted octanol–water partition coefficient (Wildman–Crippen LogP) is 2.55. The maximum Gasteiger partial charge on any atom is 0.321 e. The summed E-state index contributed by atoms with van der Waals surface area (Å²) in [5.74, 6) is -0.367. The molecule has 0 heterocycles. The Balaban J connectivity index is 3.12. The van der Waals surface area contributed by atoms with Crippen molar-refractivity contribution in [1.29, 1.82) is 0 Å². The van der Waals surface area contributed by atoms with Gasteiger partial charge in [-0.2, -0.15) is 0 Å². The van der Waals surface area contributed by atoms with Crippen LogP contribution >= 0.6 is 15.9 Å². The first-order valence-corrected chi connectivity index (χ1v) is 6.12. The Kier molecular flexibility index (Phi) is 4.69. The first kappa shape index (κ1) is 13.7. The number of hydrogen-bond donors (Lipinski definition) is 1. The molecule has 0 aliphatic heterocycles. The number of urea groups is 1. The van der Waals surface area contributed by atoms with Crippen LogP contribution in [0.3, 0.4) is 0 Å². The Labute approximate surface area is 109 Å². The number of nitrogens with two attached hydrogens (primary N) is 1. The highest BCUT2D eigenvalue weighted by Crippen LogP contribution is 2.19. The third kappa shape index (κ3) is 3.30. The highest BCUT2D eigenvalue weighted by Gasteiger charge is 2.18. The third-order valence-corrected chi connectivity index (χ3v) is 2.95. The van der Waals surface area contributed by atoms with Crippen molar-refractivity contribution in [2.75, 3.05) is 7.05 Å². The molecule has 0 unspecified atom stereocenters. The number of carbonyl (C=O) groups excluding carboxylic acids is 2. The van der Waals surface area contributed by atoms with E-state index >= 15 is 0 Å². The highest BCUT2D eigenvalue weighted by molar-refractivity contribution is 9.10. The molecule has 0 aliphatic carbocycles. The van der Waals surface area contributed by atoms with Gasteiger partial charge in [0.15, 0.2) is 0 Å². The zero-order valence-corrected chi connectivity index (χ0v) is 11.5. The van der Waals surface area contributed by atoms with Crippen LogP contribution < -0.4 is 5.73 Å². The van der Waals surface area contributed by atoms with Gasteiger partial charge < -0.3 is 5.73 Å². The summed E-state index contributed by atoms with van der Waals surface area (Å²) in [5, 5.41) is 0. The van der Waals surface area contributed by atoms with E-state index < -0.39 is 6.03 Å². The number of benzene rings is 1. The molecule has 0 radical (unpaired) electrons. The van der Waals surface area contributed by atoms with Crippen LogP contribution in [0.25, 0.3) is 0 Å². The zero-order valence-electron chi connectivity index (χ0n) is 9.87. The minimum Gasteiger partial charge on any atom is -0.351 e. The van der Waals surface area contributed by atoms with E-state index in [-0.39, 0.29) is 5.91 Å². The van der Waals surface area contributed by atoms with E-state index in [4.69, 9.17) is 5.73 Å². The van der Waals surface area contributed by atoms with Crippen molar-refractivity contribution < 1.29 is 9.59 Å². The van der Waals surface area contributed by atoms with Crippen molar-refractivity contribution in [2.45, 2.75) is 19.8 Å². The largest absolute Gasteiger partial charge is 0.351 e. The molecule has 1 rings (SSSR count). The number of hydrogen-bond acceptors (Lipinski definition) is 2. The fraction of sp³-hybridized carbons (Fsp3) is 0.333. The van der Waals surface area contributed by atoms with Gasteiger partial charge >= 0.3 is 6.03 Å². The van der Waals surface area contributed by atoms with Crippen LogP contribution in [0.4, 0.5) is 4.79 Å². The molecule has 17 heavy (non-hydrogen) atoms. The second-order valence-electron chi connectivity index (χ2n) is 3.75. The molecule has 2 N–H and O–H groups in total. The molecule has 4 nitrogen and oxygen atoms in total. The van der Waals surface area contributed by atoms with Crippen LogP contribution in [0.2, 0.25) is 0 Å². The summed E-state index contributed by atoms with van der Waals surface area (Å²) in [7, 11) is 1.38. The minimum absolute atomic E-state index is 0.367. The van der Waals surface area contributed by atoms with Gasteiger partial charge in [0, 0.05) is 17.1 Å². The quantitative estimate of drug-likeness (QED) is 0.932. The van der Waals surface area contributed by atoms with E-state index in [9.17, 15) is 9.59 Å². The summed E-state index contributed by atoms with van der Waals surface area (Å²) >= 11 is 3.36. The van der Waals surface area contributed by atoms with Crippen molar-refractivity contribution in [2.24, 2.45) is 5.73 Å². The molecule has 0 fully saturated rings. The first-order chi connectivity index (χ1) is 7.97. The van der Waals surface area contributed by atoms with Crippen LogP contribution in [-0.2, 0) is 6.42 Å². The van der Waals surface area contributed by atoms with Crippen LogP contribution in [0, 0.1) is 0 Å². The van der Waals surface area contributed by atoms with Crippen molar-refractivity contribution >= 4 is 27.9 Å². The van der Waals surface area contributed by atoms with Crippen LogP contribution in [0.15, 0.2) is 22.7 Å². The fourth-order valence-corrected chi connectivity index (χ4v) is 1.94. The van der Waals surface area contributed by atoms with Crippen LogP contribution in [-0.4, -0.2) is 23.9 Å². The van der Waals surface area contributed by atoms with Gasteiger partial charge in [-0.25, -0.2) is 4.79 Å². The smallest absolute Gasteiger partial charge is 0.321 e. The average molecular weight is 299 g/mol. The molecular weight excluding hydrogens is 284 g/mol. The number of amides is 3. The molecule has 1 aromatic carbocycles. The summed E-state index contributed by atoms with van der Waals surface area (Å²) < 4.78 is 0.916.